The molecule has 0 aliphatic carbocycles. The number of rotatable bonds is 14. The van der Waals surface area contributed by atoms with E-state index in [1.165, 1.54) is 36.8 Å². The quantitative estimate of drug-likeness (QED) is 0.0506. The lowest BCUT2D eigenvalue weighted by atomic mass is 9.94. The van der Waals surface area contributed by atoms with Crippen LogP contribution >= 0.6 is 11.6 Å². The normalized spacial score (nSPS) is 13.5. The van der Waals surface area contributed by atoms with Crippen LogP contribution in [0.3, 0.4) is 0 Å². The summed E-state index contributed by atoms with van der Waals surface area (Å²) in [6, 6.07) is 7.41. The first-order chi connectivity index (χ1) is 24.8. The van der Waals surface area contributed by atoms with Gasteiger partial charge in [-0.1, -0.05) is 30.5 Å². The minimum absolute atomic E-state index is 0.0401. The van der Waals surface area contributed by atoms with Crippen molar-refractivity contribution in [2.24, 2.45) is 0 Å². The predicted octanol–water partition coefficient (Wildman–Crippen LogP) is 6.53. The smallest absolute Gasteiger partial charge is 0.408 e. The van der Waals surface area contributed by atoms with Crippen LogP contribution in [-0.4, -0.2) is 65.7 Å². The number of aromatic nitrogens is 3. The summed E-state index contributed by atoms with van der Waals surface area (Å²) in [5.74, 6) is 3.09. The second-order valence-corrected chi connectivity index (χ2v) is 15.9. The number of hydrogen-bond donors (Lipinski definition) is 1. The molecular formula is C35H35ClF5N5O5S2. The maximum atomic E-state index is 14.3. The summed E-state index contributed by atoms with van der Waals surface area (Å²) in [5.41, 5.74) is 0.349. The second kappa shape index (κ2) is 17.2. The molecule has 2 aromatic heterocycles. The zero-order chi connectivity index (χ0) is 39.2. The van der Waals surface area contributed by atoms with E-state index in [0.29, 0.717) is 23.6 Å². The fourth-order valence-corrected chi connectivity index (χ4v) is 6.21. The molecular weight excluding hydrogens is 765 g/mol. The molecule has 0 aliphatic rings. The van der Waals surface area contributed by atoms with Gasteiger partial charge >= 0.3 is 12.1 Å². The van der Waals surface area contributed by atoms with E-state index in [4.69, 9.17) is 16.3 Å². The van der Waals surface area contributed by atoms with Gasteiger partial charge in [0.05, 0.1) is 27.7 Å². The molecule has 3 atom stereocenters. The summed E-state index contributed by atoms with van der Waals surface area (Å²) in [7, 11) is -3.35. The Morgan fingerprint density at radius 2 is 1.75 bits per heavy atom. The number of alkyl halides is 3. The van der Waals surface area contributed by atoms with Crippen molar-refractivity contribution in [3.8, 4) is 23.0 Å². The minimum Gasteiger partial charge on any atom is -0.443 e. The Bertz CT molecular complexity index is 2110. The summed E-state index contributed by atoms with van der Waals surface area (Å²) >= 11 is 6.63. The lowest BCUT2D eigenvalue weighted by molar-refractivity contribution is -0.143. The van der Waals surface area contributed by atoms with Crippen molar-refractivity contribution in [3.63, 3.8) is 0 Å². The molecule has 18 heteroatoms. The maximum absolute atomic E-state index is 14.3. The van der Waals surface area contributed by atoms with E-state index in [1.54, 1.807) is 20.8 Å². The van der Waals surface area contributed by atoms with Crippen molar-refractivity contribution < 1.29 is 44.7 Å². The topological polar surface area (TPSA) is 123 Å². The summed E-state index contributed by atoms with van der Waals surface area (Å²) in [6.07, 6.45) is -1.49. The van der Waals surface area contributed by atoms with Gasteiger partial charge in [0, 0.05) is 46.9 Å². The standard InChI is InChI=1S/C35H35ClF5N5O5S2/c1-6-7-29(48)51-20-46(53(5)50)33-30-27(36)11-10-26(32(30)45(44-33)18-35(39,40)41)25-9-8-24(12-13-34(2,3)52(4)49)43-31(25)28(42-19-47)16-21-14-22(37)17-23(38)15-21/h8-11,14-15,17,19,28H,6-7,16,18,20H2,1-5H3,(H,42,47). The number of pyridine rings is 1. The van der Waals surface area contributed by atoms with Crippen LogP contribution in [0.2, 0.25) is 5.02 Å². The maximum Gasteiger partial charge on any atom is 0.408 e. The Morgan fingerprint density at radius 1 is 1.09 bits per heavy atom. The van der Waals surface area contributed by atoms with Crippen LogP contribution in [0, 0.1) is 23.5 Å². The molecule has 0 aliphatic heterocycles. The zero-order valence-electron chi connectivity index (χ0n) is 29.1. The highest BCUT2D eigenvalue weighted by Crippen LogP contribution is 2.42. The largest absolute Gasteiger partial charge is 0.443 e. The molecule has 0 bridgehead atoms. The molecule has 4 aromatic rings. The van der Waals surface area contributed by atoms with E-state index in [-0.39, 0.29) is 62.7 Å². The van der Waals surface area contributed by atoms with Gasteiger partial charge in [0.2, 0.25) is 6.41 Å². The number of carbonyl (C=O) groups excluding carboxylic acids is 2. The molecule has 53 heavy (non-hydrogen) atoms. The number of hydrogen-bond acceptors (Lipinski definition) is 7. The van der Waals surface area contributed by atoms with Gasteiger partial charge in [0.1, 0.15) is 39.6 Å². The number of nitrogens with one attached hydrogen (secondary N) is 1. The van der Waals surface area contributed by atoms with Crippen LogP contribution in [0.1, 0.15) is 56.6 Å². The lowest BCUT2D eigenvalue weighted by Crippen LogP contribution is -2.30. The number of halogens is 6. The number of nitrogens with zero attached hydrogens (tertiary/aromatic N) is 4. The average molecular weight is 800 g/mol. The summed E-state index contributed by atoms with van der Waals surface area (Å²) in [5, 5.41) is 6.63. The first-order valence-electron chi connectivity index (χ1n) is 15.9. The van der Waals surface area contributed by atoms with Gasteiger partial charge in [-0.25, -0.2) is 22.3 Å². The first kappa shape index (κ1) is 41.4. The van der Waals surface area contributed by atoms with Crippen LogP contribution in [0.5, 0.6) is 0 Å². The molecule has 0 radical (unpaired) electrons. The van der Waals surface area contributed by atoms with E-state index in [9.17, 15) is 40.0 Å². The van der Waals surface area contributed by atoms with E-state index < -0.39 is 69.6 Å². The number of benzene rings is 2. The second-order valence-electron chi connectivity index (χ2n) is 12.3. The fraction of sp³-hybridized carbons (Fsp3) is 0.371. The summed E-state index contributed by atoms with van der Waals surface area (Å²) in [4.78, 5) is 28.8. The Kier molecular flexibility index (Phi) is 13.4. The number of anilines is 1. The third-order valence-electron chi connectivity index (χ3n) is 7.88. The highest BCUT2D eigenvalue weighted by Gasteiger charge is 2.34. The van der Waals surface area contributed by atoms with E-state index in [2.05, 4.69) is 27.2 Å². The molecule has 2 heterocycles. The molecule has 0 saturated heterocycles. The van der Waals surface area contributed by atoms with Crippen LogP contribution in [-0.2, 0) is 49.1 Å². The van der Waals surface area contributed by atoms with Crippen molar-refractivity contribution in [3.05, 3.63) is 76.1 Å². The lowest BCUT2D eigenvalue weighted by Gasteiger charge is -2.21. The Hall–Kier alpha value is -4.40. The third kappa shape index (κ3) is 10.4. The predicted molar refractivity (Wildman–Crippen MR) is 193 cm³/mol. The summed E-state index contributed by atoms with van der Waals surface area (Å²) in [6.45, 7) is 2.82. The van der Waals surface area contributed by atoms with Crippen molar-refractivity contribution in [1.82, 2.24) is 20.1 Å². The third-order valence-corrected chi connectivity index (χ3v) is 10.6. The Labute approximate surface area is 312 Å². The molecule has 3 unspecified atom stereocenters. The Morgan fingerprint density at radius 3 is 2.34 bits per heavy atom. The molecule has 2 aromatic carbocycles. The van der Waals surface area contributed by atoms with Crippen LogP contribution < -0.4 is 9.62 Å². The average Bonchev–Trinajstić information content (AvgIpc) is 3.41. The molecule has 1 amide bonds. The van der Waals surface area contributed by atoms with Crippen molar-refractivity contribution in [1.29, 1.82) is 0 Å². The number of fused-ring (bicyclic) bond motifs is 1. The first-order valence-corrected chi connectivity index (χ1v) is 19.4. The van der Waals surface area contributed by atoms with Crippen LogP contribution in [0.25, 0.3) is 22.0 Å². The molecule has 0 fully saturated rings. The molecule has 4 rings (SSSR count). The molecule has 10 nitrogen and oxygen atoms in total. The molecule has 0 saturated carbocycles. The van der Waals surface area contributed by atoms with Gasteiger partial charge in [0.15, 0.2) is 12.5 Å². The van der Waals surface area contributed by atoms with Gasteiger partial charge in [-0.15, -0.1) is 0 Å². The van der Waals surface area contributed by atoms with E-state index in [0.717, 1.165) is 16.4 Å². The fourth-order valence-electron chi connectivity index (χ4n) is 5.21. The highest BCUT2D eigenvalue weighted by molar-refractivity contribution is 7.86. The monoisotopic (exact) mass is 799 g/mol. The van der Waals surface area contributed by atoms with Crippen molar-refractivity contribution >= 4 is 62.5 Å². The minimum atomic E-state index is -4.81. The van der Waals surface area contributed by atoms with Gasteiger partial charge in [-0.05, 0) is 68.5 Å². The molecule has 1 N–H and O–H groups in total. The highest BCUT2D eigenvalue weighted by atomic mass is 35.5. The van der Waals surface area contributed by atoms with Crippen LogP contribution in [0.4, 0.5) is 27.8 Å². The van der Waals surface area contributed by atoms with Gasteiger partial charge in [-0.3, -0.25) is 18.5 Å². The Balaban J connectivity index is 2.06. The van der Waals surface area contributed by atoms with E-state index in [1.807, 2.05) is 0 Å². The SMILES string of the molecule is CCCC(=O)OCN(c1nn(CC(F)(F)F)c2c(-c3ccc(C#CC(C)(C)S(C)=O)nc3C(Cc3cc(F)cc(F)c3)NC=O)ccc(Cl)c12)S(C)=O. The van der Waals surface area contributed by atoms with Gasteiger partial charge in [0.25, 0.3) is 0 Å². The number of ether oxygens (including phenoxy) is 1. The zero-order valence-corrected chi connectivity index (χ0v) is 31.5. The number of carbonyl (C=O) groups is 2. The summed E-state index contributed by atoms with van der Waals surface area (Å²) < 4.78 is 102. The van der Waals surface area contributed by atoms with Crippen LogP contribution in [0.15, 0.2) is 42.5 Å². The molecule has 284 valence electrons. The number of amides is 1. The number of esters is 1. The van der Waals surface area contributed by atoms with E-state index >= 15 is 0 Å². The van der Waals surface area contributed by atoms with Gasteiger partial charge < -0.3 is 10.1 Å². The molecule has 0 spiro atoms. The van der Waals surface area contributed by atoms with Crippen molar-refractivity contribution in [2.75, 3.05) is 23.5 Å². The van der Waals surface area contributed by atoms with Gasteiger partial charge in [-0.2, -0.15) is 18.3 Å². The van der Waals surface area contributed by atoms with Crippen molar-refractivity contribution in [2.45, 2.75) is 63.5 Å².